The lowest BCUT2D eigenvalue weighted by atomic mass is 9.93. The van der Waals surface area contributed by atoms with Crippen LogP contribution >= 0.6 is 0 Å². The molecule has 0 spiro atoms. The summed E-state index contributed by atoms with van der Waals surface area (Å²) in [6.07, 6.45) is 1.53. The highest BCUT2D eigenvalue weighted by atomic mass is 16.5. The van der Waals surface area contributed by atoms with Gasteiger partial charge in [-0.15, -0.1) is 0 Å². The van der Waals surface area contributed by atoms with Crippen LogP contribution in [-0.4, -0.2) is 47.6 Å². The molecule has 0 aromatic heterocycles. The lowest BCUT2D eigenvalue weighted by Gasteiger charge is -2.25. The Bertz CT molecular complexity index is 1090. The molecule has 7 heteroatoms. The number of benzene rings is 2. The minimum Gasteiger partial charge on any atom is -0.507 e. The van der Waals surface area contributed by atoms with Gasteiger partial charge in [-0.2, -0.15) is 0 Å². The number of likely N-dealkylation sites (tertiary alicyclic amines) is 1. The quantitative estimate of drug-likeness (QED) is 0.380. The van der Waals surface area contributed by atoms with Crippen molar-refractivity contribution in [3.63, 3.8) is 0 Å². The molecule has 1 aliphatic heterocycles. The summed E-state index contributed by atoms with van der Waals surface area (Å²) in [7, 11) is 3.01. The van der Waals surface area contributed by atoms with Crippen LogP contribution in [0.25, 0.3) is 5.76 Å². The van der Waals surface area contributed by atoms with Gasteiger partial charge in [0.25, 0.3) is 11.7 Å². The highest BCUT2D eigenvalue weighted by Gasteiger charge is 2.46. The van der Waals surface area contributed by atoms with Gasteiger partial charge in [0.1, 0.15) is 11.5 Å². The zero-order chi connectivity index (χ0) is 23.6. The third kappa shape index (κ3) is 4.02. The summed E-state index contributed by atoms with van der Waals surface area (Å²) < 4.78 is 10.5. The molecule has 1 saturated heterocycles. The fourth-order valence-corrected chi connectivity index (χ4v) is 4.07. The number of hydrogen-bond donors (Lipinski definition) is 2. The Morgan fingerprint density at radius 1 is 1.03 bits per heavy atom. The first-order valence-electron chi connectivity index (χ1n) is 10.6. The van der Waals surface area contributed by atoms with Crippen LogP contribution in [0.15, 0.2) is 35.9 Å². The van der Waals surface area contributed by atoms with Gasteiger partial charge in [-0.25, -0.2) is 0 Å². The Balaban J connectivity index is 2.23. The van der Waals surface area contributed by atoms with Crippen LogP contribution in [0.4, 0.5) is 0 Å². The fourth-order valence-electron chi connectivity index (χ4n) is 4.07. The molecule has 0 bridgehead atoms. The van der Waals surface area contributed by atoms with Gasteiger partial charge in [-0.3, -0.25) is 9.59 Å². The number of carbonyl (C=O) groups is 2. The zero-order valence-electron chi connectivity index (χ0n) is 19.1. The number of methoxy groups -OCH3 is 2. The van der Waals surface area contributed by atoms with Gasteiger partial charge >= 0.3 is 0 Å². The molecule has 1 aliphatic rings. The van der Waals surface area contributed by atoms with Crippen molar-refractivity contribution in [2.75, 3.05) is 20.8 Å². The van der Waals surface area contributed by atoms with E-state index in [2.05, 4.69) is 0 Å². The van der Waals surface area contributed by atoms with Crippen LogP contribution in [0.1, 0.15) is 48.1 Å². The number of aliphatic hydroxyl groups is 1. The molecule has 0 aliphatic carbocycles. The first-order chi connectivity index (χ1) is 15.2. The number of phenolic OH excluding ortho intramolecular Hbond substituents is 1. The largest absolute Gasteiger partial charge is 0.507 e. The number of rotatable bonds is 7. The summed E-state index contributed by atoms with van der Waals surface area (Å²) in [5.74, 6) is -0.816. The minimum absolute atomic E-state index is 0.00309. The van der Waals surface area contributed by atoms with E-state index in [1.807, 2.05) is 13.8 Å². The summed E-state index contributed by atoms with van der Waals surface area (Å²) in [6.45, 7) is 6.00. The number of carbonyl (C=O) groups excluding carboxylic acids is 2. The van der Waals surface area contributed by atoms with Crippen LogP contribution in [-0.2, 0) is 9.59 Å². The molecule has 2 aromatic rings. The van der Waals surface area contributed by atoms with E-state index in [9.17, 15) is 19.8 Å². The second-order valence-corrected chi connectivity index (χ2v) is 7.91. The topological polar surface area (TPSA) is 96.3 Å². The molecule has 7 nitrogen and oxygen atoms in total. The van der Waals surface area contributed by atoms with E-state index in [4.69, 9.17) is 9.47 Å². The summed E-state index contributed by atoms with van der Waals surface area (Å²) in [6, 6.07) is 7.44. The number of nitrogens with zero attached hydrogens (tertiary/aromatic N) is 1. The lowest BCUT2D eigenvalue weighted by Crippen LogP contribution is -2.30. The Hall–Kier alpha value is -3.48. The molecule has 1 fully saturated rings. The normalized spacial score (nSPS) is 17.7. The number of unbranched alkanes of at least 4 members (excludes halogenated alkanes) is 1. The van der Waals surface area contributed by atoms with Crippen molar-refractivity contribution in [1.29, 1.82) is 0 Å². The molecule has 1 heterocycles. The standard InChI is InChI=1S/C25H29NO6/c1-6-7-10-26-22(16-8-9-19(31-4)18(27)13-16)21(24(29)25(26)30)23(28)17-11-15(3)20(32-5)12-14(17)2/h8-9,11-13,22,27-28H,6-7,10H2,1-5H3/b23-21+. The molecule has 32 heavy (non-hydrogen) atoms. The van der Waals surface area contributed by atoms with Crippen molar-refractivity contribution in [2.45, 2.75) is 39.7 Å². The summed E-state index contributed by atoms with van der Waals surface area (Å²) >= 11 is 0. The average Bonchev–Trinajstić information content (AvgIpc) is 3.03. The molecule has 170 valence electrons. The van der Waals surface area contributed by atoms with Gasteiger partial charge in [-0.1, -0.05) is 19.4 Å². The van der Waals surface area contributed by atoms with Crippen molar-refractivity contribution < 1.29 is 29.3 Å². The van der Waals surface area contributed by atoms with E-state index < -0.39 is 17.7 Å². The zero-order valence-corrected chi connectivity index (χ0v) is 19.1. The van der Waals surface area contributed by atoms with Crippen molar-refractivity contribution in [3.05, 3.63) is 58.2 Å². The number of aryl methyl sites for hydroxylation is 2. The summed E-state index contributed by atoms with van der Waals surface area (Å²) in [4.78, 5) is 27.5. The molecule has 0 radical (unpaired) electrons. The first-order valence-corrected chi connectivity index (χ1v) is 10.6. The maximum Gasteiger partial charge on any atom is 0.295 e. The second kappa shape index (κ2) is 9.34. The van der Waals surface area contributed by atoms with Crippen LogP contribution in [0, 0.1) is 13.8 Å². The van der Waals surface area contributed by atoms with Gasteiger partial charge in [0.2, 0.25) is 0 Å². The molecule has 1 atom stereocenters. The second-order valence-electron chi connectivity index (χ2n) is 7.91. The number of phenols is 1. The van der Waals surface area contributed by atoms with E-state index in [1.165, 1.54) is 18.1 Å². The maximum absolute atomic E-state index is 13.1. The molecule has 1 amide bonds. The van der Waals surface area contributed by atoms with Crippen molar-refractivity contribution in [3.8, 4) is 17.2 Å². The number of ether oxygens (including phenoxy) is 2. The highest BCUT2D eigenvalue weighted by molar-refractivity contribution is 6.46. The monoisotopic (exact) mass is 439 g/mol. The van der Waals surface area contributed by atoms with E-state index >= 15 is 0 Å². The molecule has 1 unspecified atom stereocenters. The third-order valence-electron chi connectivity index (χ3n) is 5.81. The molecule has 2 N–H and O–H groups in total. The number of hydrogen-bond acceptors (Lipinski definition) is 6. The van der Waals surface area contributed by atoms with Gasteiger partial charge in [0.15, 0.2) is 11.5 Å². The molecule has 3 rings (SSSR count). The fraction of sp³-hybridized carbons (Fsp3) is 0.360. The van der Waals surface area contributed by atoms with Crippen LogP contribution < -0.4 is 9.47 Å². The van der Waals surface area contributed by atoms with Crippen LogP contribution in [0.2, 0.25) is 0 Å². The van der Waals surface area contributed by atoms with E-state index in [0.717, 1.165) is 12.0 Å². The van der Waals surface area contributed by atoms with Crippen LogP contribution in [0.3, 0.4) is 0 Å². The number of Topliss-reactive ketones (excluding diaryl/α,β-unsaturated/α-hetero) is 1. The number of aliphatic hydroxyl groups excluding tert-OH is 1. The summed E-state index contributed by atoms with van der Waals surface area (Å²) in [5, 5.41) is 21.6. The lowest BCUT2D eigenvalue weighted by molar-refractivity contribution is -0.139. The molecular weight excluding hydrogens is 410 g/mol. The molecular formula is C25H29NO6. The Labute approximate surface area is 187 Å². The Morgan fingerprint density at radius 2 is 1.72 bits per heavy atom. The van der Waals surface area contributed by atoms with E-state index in [0.29, 0.717) is 35.4 Å². The number of ketones is 1. The average molecular weight is 440 g/mol. The summed E-state index contributed by atoms with van der Waals surface area (Å²) in [5.41, 5.74) is 2.48. The van der Waals surface area contributed by atoms with Crippen molar-refractivity contribution in [1.82, 2.24) is 4.90 Å². The molecule has 2 aromatic carbocycles. The predicted octanol–water partition coefficient (Wildman–Crippen LogP) is 4.25. The highest BCUT2D eigenvalue weighted by Crippen LogP contribution is 2.42. The van der Waals surface area contributed by atoms with Gasteiger partial charge in [0.05, 0.1) is 25.8 Å². The smallest absolute Gasteiger partial charge is 0.295 e. The Kier molecular flexibility index (Phi) is 6.77. The van der Waals surface area contributed by atoms with Crippen LogP contribution in [0.5, 0.6) is 17.2 Å². The number of amides is 1. The third-order valence-corrected chi connectivity index (χ3v) is 5.81. The SMILES string of the molecule is CCCCN1C(=O)C(=O)/C(=C(/O)c2cc(C)c(OC)cc2C)C1c1ccc(OC)c(O)c1. The van der Waals surface area contributed by atoms with Crippen molar-refractivity contribution >= 4 is 17.4 Å². The number of aromatic hydroxyl groups is 1. The van der Waals surface area contributed by atoms with Gasteiger partial charge in [-0.05, 0) is 61.2 Å². The maximum atomic E-state index is 13.1. The first kappa shape index (κ1) is 23.2. The van der Waals surface area contributed by atoms with Crippen molar-refractivity contribution in [2.24, 2.45) is 0 Å². The minimum atomic E-state index is -0.819. The Morgan fingerprint density at radius 3 is 2.31 bits per heavy atom. The van der Waals surface area contributed by atoms with E-state index in [-0.39, 0.29) is 22.8 Å². The predicted molar refractivity (Wildman–Crippen MR) is 121 cm³/mol. The molecule has 0 saturated carbocycles. The van der Waals surface area contributed by atoms with Gasteiger partial charge in [0, 0.05) is 12.1 Å². The van der Waals surface area contributed by atoms with E-state index in [1.54, 1.807) is 38.3 Å². The van der Waals surface area contributed by atoms with Gasteiger partial charge < -0.3 is 24.6 Å².